The summed E-state index contributed by atoms with van der Waals surface area (Å²) >= 11 is 0. The minimum absolute atomic E-state index is 0.740. The Balaban J connectivity index is 2.12. The van der Waals surface area contributed by atoms with Crippen LogP contribution in [0.2, 0.25) is 0 Å². The van der Waals surface area contributed by atoms with Gasteiger partial charge in [0.2, 0.25) is 0 Å². The van der Waals surface area contributed by atoms with Gasteiger partial charge in [-0.3, -0.25) is 0 Å². The topological polar surface area (TPSA) is 47.1 Å². The van der Waals surface area contributed by atoms with Crippen LogP contribution >= 0.6 is 0 Å². The van der Waals surface area contributed by atoms with Gasteiger partial charge >= 0.3 is 0 Å². The molecule has 3 rings (SSSR count). The van der Waals surface area contributed by atoms with Gasteiger partial charge in [0.05, 0.1) is 11.2 Å². The summed E-state index contributed by atoms with van der Waals surface area (Å²) in [4.78, 5) is 7.07. The number of para-hydroxylation sites is 1. The molecule has 0 aliphatic heterocycles. The van der Waals surface area contributed by atoms with Crippen LogP contribution in [-0.2, 0) is 6.54 Å². The molecule has 120 valence electrons. The fourth-order valence-electron chi connectivity index (χ4n) is 2.97. The predicted octanol–water partition coefficient (Wildman–Crippen LogP) is 3.55. The number of nitrogen functional groups attached to an aromatic ring is 1. The van der Waals surface area contributed by atoms with Gasteiger partial charge < -0.3 is 15.2 Å². The Hall–Kier alpha value is -2.33. The molecule has 2 N–H and O–H groups in total. The number of nitrogens with zero attached hydrogens (tertiary/aromatic N) is 3. The van der Waals surface area contributed by atoms with Gasteiger partial charge in [-0.25, -0.2) is 4.98 Å². The number of aromatic nitrogens is 2. The van der Waals surface area contributed by atoms with Gasteiger partial charge in [0, 0.05) is 12.1 Å². The molecule has 0 bridgehead atoms. The van der Waals surface area contributed by atoms with E-state index in [9.17, 15) is 0 Å². The molecule has 0 radical (unpaired) electrons. The number of aryl methyl sites for hydroxylation is 2. The van der Waals surface area contributed by atoms with Crippen molar-refractivity contribution in [1.29, 1.82) is 0 Å². The van der Waals surface area contributed by atoms with Crippen LogP contribution in [0.3, 0.4) is 0 Å². The maximum absolute atomic E-state index is 6.15. The average molecular weight is 308 g/mol. The molecule has 0 unspecified atom stereocenters. The van der Waals surface area contributed by atoms with Crippen LogP contribution in [0.4, 0.5) is 5.69 Å². The van der Waals surface area contributed by atoms with Gasteiger partial charge in [-0.05, 0) is 51.7 Å². The number of imidazole rings is 1. The van der Waals surface area contributed by atoms with Crippen molar-refractivity contribution in [2.45, 2.75) is 19.9 Å². The lowest BCUT2D eigenvalue weighted by molar-refractivity contribution is 0.388. The highest BCUT2D eigenvalue weighted by Crippen LogP contribution is 2.29. The lowest BCUT2D eigenvalue weighted by Gasteiger charge is -2.13. The summed E-state index contributed by atoms with van der Waals surface area (Å²) in [5.41, 5.74) is 11.3. The lowest BCUT2D eigenvalue weighted by atomic mass is 10.1. The first-order valence-corrected chi connectivity index (χ1v) is 8.03. The van der Waals surface area contributed by atoms with Crippen LogP contribution in [0.15, 0.2) is 42.5 Å². The summed E-state index contributed by atoms with van der Waals surface area (Å²) in [7, 11) is 4.21. The van der Waals surface area contributed by atoms with Crippen LogP contribution in [-0.4, -0.2) is 35.1 Å². The third-order valence-electron chi connectivity index (χ3n) is 4.18. The number of anilines is 1. The molecular formula is C19H24N4. The second kappa shape index (κ2) is 6.42. The highest BCUT2D eigenvalue weighted by atomic mass is 15.1. The lowest BCUT2D eigenvalue weighted by Crippen LogP contribution is -2.15. The monoisotopic (exact) mass is 308 g/mol. The van der Waals surface area contributed by atoms with Crippen LogP contribution in [0.25, 0.3) is 22.4 Å². The molecule has 4 heteroatoms. The minimum Gasteiger partial charge on any atom is -0.397 e. The molecule has 2 aromatic carbocycles. The third kappa shape index (κ3) is 3.08. The number of rotatable bonds is 5. The van der Waals surface area contributed by atoms with E-state index >= 15 is 0 Å². The molecule has 3 aromatic rings. The Kier molecular flexibility index (Phi) is 4.35. The van der Waals surface area contributed by atoms with E-state index in [2.05, 4.69) is 60.8 Å². The van der Waals surface area contributed by atoms with Gasteiger partial charge in [0.1, 0.15) is 11.3 Å². The molecule has 1 heterocycles. The fraction of sp³-hybridized carbons (Fsp3) is 0.316. The highest BCUT2D eigenvalue weighted by molar-refractivity contribution is 5.90. The SMILES string of the molecule is Cc1ccccc1-c1nc2c(N)cccc2n1CCCN(C)C. The van der Waals surface area contributed by atoms with Gasteiger partial charge in [-0.15, -0.1) is 0 Å². The highest BCUT2D eigenvalue weighted by Gasteiger charge is 2.15. The average Bonchev–Trinajstić information content (AvgIpc) is 2.88. The maximum atomic E-state index is 6.15. The molecule has 23 heavy (non-hydrogen) atoms. The molecule has 0 spiro atoms. The van der Waals surface area contributed by atoms with Crippen molar-refractivity contribution in [1.82, 2.24) is 14.5 Å². The number of hydrogen-bond acceptors (Lipinski definition) is 3. The molecule has 4 nitrogen and oxygen atoms in total. The second-order valence-corrected chi connectivity index (χ2v) is 6.27. The van der Waals surface area contributed by atoms with E-state index in [1.165, 1.54) is 11.1 Å². The number of nitrogens with two attached hydrogens (primary N) is 1. The summed E-state index contributed by atoms with van der Waals surface area (Å²) < 4.78 is 2.30. The van der Waals surface area contributed by atoms with Gasteiger partial charge in [-0.1, -0.05) is 30.3 Å². The summed E-state index contributed by atoms with van der Waals surface area (Å²) in [5, 5.41) is 0. The van der Waals surface area contributed by atoms with Crippen molar-refractivity contribution in [3.05, 3.63) is 48.0 Å². The fourth-order valence-corrected chi connectivity index (χ4v) is 2.97. The van der Waals surface area contributed by atoms with Crippen molar-refractivity contribution < 1.29 is 0 Å². The molecular weight excluding hydrogens is 284 g/mol. The first-order chi connectivity index (χ1) is 11.1. The molecule has 0 saturated heterocycles. The Labute approximate surface area is 137 Å². The molecule has 0 aliphatic rings. The van der Waals surface area contributed by atoms with E-state index in [4.69, 9.17) is 10.7 Å². The van der Waals surface area contributed by atoms with E-state index in [-0.39, 0.29) is 0 Å². The van der Waals surface area contributed by atoms with Crippen molar-refractivity contribution in [3.8, 4) is 11.4 Å². The Morgan fingerprint density at radius 1 is 1.09 bits per heavy atom. The largest absolute Gasteiger partial charge is 0.397 e. The zero-order chi connectivity index (χ0) is 16.4. The zero-order valence-corrected chi connectivity index (χ0v) is 14.1. The third-order valence-corrected chi connectivity index (χ3v) is 4.18. The van der Waals surface area contributed by atoms with Crippen molar-refractivity contribution in [3.63, 3.8) is 0 Å². The van der Waals surface area contributed by atoms with E-state index in [0.717, 1.165) is 42.1 Å². The summed E-state index contributed by atoms with van der Waals surface area (Å²) in [6.45, 7) is 4.11. The molecule has 1 aromatic heterocycles. The normalized spacial score (nSPS) is 11.5. The van der Waals surface area contributed by atoms with Gasteiger partial charge in [0.15, 0.2) is 0 Å². The van der Waals surface area contributed by atoms with Gasteiger partial charge in [-0.2, -0.15) is 0 Å². The standard InChI is InChI=1S/C19H24N4/c1-14-8-4-5-9-15(14)19-21-18-16(20)10-6-11-17(18)23(19)13-7-12-22(2)3/h4-6,8-11H,7,12-13,20H2,1-3H3. The van der Waals surface area contributed by atoms with Crippen molar-refractivity contribution in [2.75, 3.05) is 26.4 Å². The Bertz CT molecular complexity index is 817. The van der Waals surface area contributed by atoms with Crippen LogP contribution < -0.4 is 5.73 Å². The number of fused-ring (bicyclic) bond motifs is 1. The minimum atomic E-state index is 0.740. The second-order valence-electron chi connectivity index (χ2n) is 6.27. The van der Waals surface area contributed by atoms with Crippen LogP contribution in [0, 0.1) is 6.92 Å². The summed E-state index contributed by atoms with van der Waals surface area (Å²) in [5.74, 6) is 1.01. The van der Waals surface area contributed by atoms with E-state index in [0.29, 0.717) is 0 Å². The van der Waals surface area contributed by atoms with E-state index < -0.39 is 0 Å². The van der Waals surface area contributed by atoms with Crippen LogP contribution in [0.1, 0.15) is 12.0 Å². The van der Waals surface area contributed by atoms with Crippen molar-refractivity contribution in [2.24, 2.45) is 0 Å². The Morgan fingerprint density at radius 3 is 2.61 bits per heavy atom. The van der Waals surface area contributed by atoms with Gasteiger partial charge in [0.25, 0.3) is 0 Å². The predicted molar refractivity (Wildman–Crippen MR) is 97.5 cm³/mol. The zero-order valence-electron chi connectivity index (χ0n) is 14.1. The number of benzene rings is 2. The molecule has 0 amide bonds. The summed E-state index contributed by atoms with van der Waals surface area (Å²) in [6.07, 6.45) is 1.08. The van der Waals surface area contributed by atoms with E-state index in [1.54, 1.807) is 0 Å². The summed E-state index contributed by atoms with van der Waals surface area (Å²) in [6, 6.07) is 14.4. The first kappa shape index (κ1) is 15.6. The first-order valence-electron chi connectivity index (χ1n) is 8.03. The maximum Gasteiger partial charge on any atom is 0.141 e. The van der Waals surface area contributed by atoms with Crippen molar-refractivity contribution >= 4 is 16.7 Å². The molecule has 0 fully saturated rings. The van der Waals surface area contributed by atoms with E-state index in [1.807, 2.05) is 12.1 Å². The van der Waals surface area contributed by atoms with Crippen LogP contribution in [0.5, 0.6) is 0 Å². The number of hydrogen-bond donors (Lipinski definition) is 1. The molecule has 0 aliphatic carbocycles. The molecule has 0 atom stereocenters. The smallest absolute Gasteiger partial charge is 0.141 e. The molecule has 0 saturated carbocycles. The quantitative estimate of drug-likeness (QED) is 0.733. The Morgan fingerprint density at radius 2 is 1.87 bits per heavy atom.